The number of aliphatic hydroxyl groups excluding tert-OH is 2. The van der Waals surface area contributed by atoms with Gasteiger partial charge in [0.2, 0.25) is 0 Å². The van der Waals surface area contributed by atoms with Crippen molar-refractivity contribution in [2.24, 2.45) is 5.92 Å². The zero-order chi connectivity index (χ0) is 14.7. The third-order valence-corrected chi connectivity index (χ3v) is 3.63. The van der Waals surface area contributed by atoms with Crippen molar-refractivity contribution in [3.05, 3.63) is 24.0 Å². The predicted octanol–water partition coefficient (Wildman–Crippen LogP) is 0.859. The number of nitrogens with zero attached hydrogens (tertiary/aromatic N) is 1. The number of anilines is 1. The van der Waals surface area contributed by atoms with Crippen LogP contribution in [0.5, 0.6) is 0 Å². The zero-order valence-corrected chi connectivity index (χ0v) is 11.6. The highest BCUT2D eigenvalue weighted by molar-refractivity contribution is 5.94. The Morgan fingerprint density at radius 3 is 2.80 bits per heavy atom. The maximum Gasteiger partial charge on any atom is 0.253 e. The topological polar surface area (TPSA) is 91.7 Å². The molecule has 1 aromatic rings. The van der Waals surface area contributed by atoms with Gasteiger partial charge in [0.25, 0.3) is 5.91 Å². The summed E-state index contributed by atoms with van der Waals surface area (Å²) in [6, 6.07) is 3.21. The van der Waals surface area contributed by atoms with Crippen LogP contribution in [0.3, 0.4) is 0 Å². The highest BCUT2D eigenvalue weighted by atomic mass is 16.5. The fourth-order valence-electron chi connectivity index (χ4n) is 2.14. The molecule has 1 amide bonds. The van der Waals surface area contributed by atoms with E-state index in [-0.39, 0.29) is 18.6 Å². The Balaban J connectivity index is 1.95. The van der Waals surface area contributed by atoms with Crippen LogP contribution in [-0.4, -0.2) is 39.9 Å². The Labute approximate surface area is 117 Å². The Morgan fingerprint density at radius 1 is 1.55 bits per heavy atom. The van der Waals surface area contributed by atoms with Crippen LogP contribution in [-0.2, 0) is 9.53 Å². The van der Waals surface area contributed by atoms with Crippen molar-refractivity contribution >= 4 is 11.6 Å². The molecule has 1 saturated heterocycles. The Kier molecular flexibility index (Phi) is 4.69. The fraction of sp³-hybridized carbons (Fsp3) is 0.571. The lowest BCUT2D eigenvalue weighted by Gasteiger charge is -2.12. The van der Waals surface area contributed by atoms with Gasteiger partial charge in [0.05, 0.1) is 30.3 Å². The summed E-state index contributed by atoms with van der Waals surface area (Å²) in [5, 5.41) is 21.0. The molecule has 6 heteroatoms. The van der Waals surface area contributed by atoms with Crippen LogP contribution in [0.2, 0.25) is 0 Å². The van der Waals surface area contributed by atoms with Gasteiger partial charge in [-0.1, -0.05) is 6.92 Å². The molecule has 1 fully saturated rings. The van der Waals surface area contributed by atoms with Crippen LogP contribution >= 0.6 is 0 Å². The lowest BCUT2D eigenvalue weighted by atomic mass is 10.0. The number of amides is 1. The molecule has 3 N–H and O–H groups in total. The van der Waals surface area contributed by atoms with Gasteiger partial charge in [0.1, 0.15) is 12.2 Å². The van der Waals surface area contributed by atoms with Crippen LogP contribution in [0.15, 0.2) is 18.3 Å². The molecule has 110 valence electrons. The van der Waals surface area contributed by atoms with E-state index in [2.05, 4.69) is 17.2 Å². The minimum Gasteiger partial charge on any atom is -0.393 e. The molecule has 4 atom stereocenters. The SMILES string of the molecule is CC1CC(C(=O)Nc2ccc(C(O)CO)nc2)OC1C. The molecule has 4 unspecified atom stereocenters. The third kappa shape index (κ3) is 3.33. The number of hydrogen-bond donors (Lipinski definition) is 3. The number of nitrogens with one attached hydrogen (secondary N) is 1. The molecule has 20 heavy (non-hydrogen) atoms. The first-order valence-electron chi connectivity index (χ1n) is 6.72. The Hall–Kier alpha value is -1.50. The van der Waals surface area contributed by atoms with Crippen LogP contribution in [0, 0.1) is 5.92 Å². The first-order valence-corrected chi connectivity index (χ1v) is 6.72. The third-order valence-electron chi connectivity index (χ3n) is 3.63. The molecular formula is C14H20N2O4. The molecule has 1 aliphatic heterocycles. The number of aliphatic hydroxyl groups is 2. The highest BCUT2D eigenvalue weighted by Gasteiger charge is 2.33. The van der Waals surface area contributed by atoms with Crippen LogP contribution < -0.4 is 5.32 Å². The summed E-state index contributed by atoms with van der Waals surface area (Å²) < 4.78 is 5.58. The largest absolute Gasteiger partial charge is 0.393 e. The van der Waals surface area contributed by atoms with Crippen molar-refractivity contribution in [3.8, 4) is 0 Å². The number of pyridine rings is 1. The van der Waals surface area contributed by atoms with Crippen LogP contribution in [0.1, 0.15) is 32.1 Å². The average molecular weight is 280 g/mol. The molecule has 0 spiro atoms. The first-order chi connectivity index (χ1) is 9.51. The van der Waals surface area contributed by atoms with E-state index in [4.69, 9.17) is 9.84 Å². The van der Waals surface area contributed by atoms with Gasteiger partial charge in [-0.15, -0.1) is 0 Å². The number of carbonyl (C=O) groups excluding carboxylic acids is 1. The maximum absolute atomic E-state index is 12.0. The van der Waals surface area contributed by atoms with E-state index in [9.17, 15) is 9.90 Å². The van der Waals surface area contributed by atoms with Gasteiger partial charge < -0.3 is 20.3 Å². The van der Waals surface area contributed by atoms with Gasteiger partial charge in [-0.05, 0) is 31.4 Å². The van der Waals surface area contributed by atoms with Gasteiger partial charge in [-0.25, -0.2) is 0 Å². The van der Waals surface area contributed by atoms with Crippen molar-refractivity contribution in [1.82, 2.24) is 4.98 Å². The highest BCUT2D eigenvalue weighted by Crippen LogP contribution is 2.26. The molecule has 2 heterocycles. The van der Waals surface area contributed by atoms with Gasteiger partial charge in [0, 0.05) is 0 Å². The predicted molar refractivity (Wildman–Crippen MR) is 73.0 cm³/mol. The van der Waals surface area contributed by atoms with Gasteiger partial charge >= 0.3 is 0 Å². The summed E-state index contributed by atoms with van der Waals surface area (Å²) in [6.07, 6.45) is 0.823. The molecule has 0 bridgehead atoms. The van der Waals surface area contributed by atoms with Gasteiger partial charge in [0.15, 0.2) is 0 Å². The van der Waals surface area contributed by atoms with Crippen molar-refractivity contribution in [2.45, 2.75) is 38.6 Å². The summed E-state index contributed by atoms with van der Waals surface area (Å²) in [5.41, 5.74) is 0.907. The first kappa shape index (κ1) is 14.9. The van der Waals surface area contributed by atoms with Crippen LogP contribution in [0.25, 0.3) is 0 Å². The monoisotopic (exact) mass is 280 g/mol. The van der Waals surface area contributed by atoms with E-state index >= 15 is 0 Å². The standard InChI is InChI=1S/C14H20N2O4/c1-8-5-13(20-9(8)2)14(19)16-10-3-4-11(15-6-10)12(18)7-17/h3-4,6,8-9,12-13,17-18H,5,7H2,1-2H3,(H,16,19). The summed E-state index contributed by atoms with van der Waals surface area (Å²) >= 11 is 0. The van der Waals surface area contributed by atoms with Crippen molar-refractivity contribution in [1.29, 1.82) is 0 Å². The van der Waals surface area contributed by atoms with E-state index < -0.39 is 12.2 Å². The second-order valence-corrected chi connectivity index (χ2v) is 5.20. The van der Waals surface area contributed by atoms with Crippen molar-refractivity contribution in [3.63, 3.8) is 0 Å². The second-order valence-electron chi connectivity index (χ2n) is 5.20. The van der Waals surface area contributed by atoms with E-state index in [1.807, 2.05) is 6.92 Å². The number of aromatic nitrogens is 1. The maximum atomic E-state index is 12.0. The van der Waals surface area contributed by atoms with E-state index in [0.717, 1.165) is 0 Å². The molecule has 6 nitrogen and oxygen atoms in total. The van der Waals surface area contributed by atoms with Gasteiger partial charge in [-0.3, -0.25) is 9.78 Å². The second kappa shape index (κ2) is 6.30. The number of ether oxygens (including phenoxy) is 1. The lowest BCUT2D eigenvalue weighted by molar-refractivity contribution is -0.126. The number of rotatable bonds is 4. The van der Waals surface area contributed by atoms with Crippen molar-refractivity contribution in [2.75, 3.05) is 11.9 Å². The molecule has 1 aliphatic rings. The minimum absolute atomic E-state index is 0.0888. The molecule has 2 rings (SSSR count). The summed E-state index contributed by atoms with van der Waals surface area (Å²) in [6.45, 7) is 3.64. The quantitative estimate of drug-likeness (QED) is 0.761. The molecular weight excluding hydrogens is 260 g/mol. The number of carbonyl (C=O) groups is 1. The van der Waals surface area contributed by atoms with Crippen molar-refractivity contribution < 1.29 is 19.7 Å². The van der Waals surface area contributed by atoms with E-state index in [1.54, 1.807) is 12.1 Å². The normalized spacial score (nSPS) is 27.3. The average Bonchev–Trinajstić information content (AvgIpc) is 2.79. The fourth-order valence-corrected chi connectivity index (χ4v) is 2.14. The van der Waals surface area contributed by atoms with Crippen LogP contribution in [0.4, 0.5) is 5.69 Å². The smallest absolute Gasteiger partial charge is 0.253 e. The lowest BCUT2D eigenvalue weighted by Crippen LogP contribution is -2.27. The van der Waals surface area contributed by atoms with E-state index in [1.165, 1.54) is 6.20 Å². The molecule has 0 aliphatic carbocycles. The minimum atomic E-state index is -1.00. The van der Waals surface area contributed by atoms with E-state index in [0.29, 0.717) is 23.7 Å². The van der Waals surface area contributed by atoms with Gasteiger partial charge in [-0.2, -0.15) is 0 Å². The Morgan fingerprint density at radius 2 is 2.30 bits per heavy atom. The summed E-state index contributed by atoms with van der Waals surface area (Å²) in [4.78, 5) is 16.0. The summed E-state index contributed by atoms with van der Waals surface area (Å²) in [5.74, 6) is 0.185. The molecule has 0 radical (unpaired) electrons. The summed E-state index contributed by atoms with van der Waals surface area (Å²) in [7, 11) is 0. The Bertz CT molecular complexity index is 453. The molecule has 1 aromatic heterocycles. The molecule has 0 aromatic carbocycles. The molecule has 0 saturated carbocycles. The number of hydrogen-bond acceptors (Lipinski definition) is 5. The zero-order valence-electron chi connectivity index (χ0n) is 11.6.